The van der Waals surface area contributed by atoms with Crippen molar-refractivity contribution in [1.82, 2.24) is 34.4 Å². The van der Waals surface area contributed by atoms with Crippen LogP contribution in [0.15, 0.2) is 35.7 Å². The molecule has 0 atom stereocenters. The van der Waals surface area contributed by atoms with Gasteiger partial charge in [-0.05, 0) is 44.2 Å². The number of carbonyl (C=O) groups excluding carboxylic acids is 1. The van der Waals surface area contributed by atoms with E-state index in [9.17, 15) is 4.79 Å². The maximum atomic E-state index is 13.0. The maximum absolute atomic E-state index is 13.0. The van der Waals surface area contributed by atoms with Crippen LogP contribution < -0.4 is 4.74 Å². The average molecular weight is 464 g/mol. The molecule has 170 valence electrons. The summed E-state index contributed by atoms with van der Waals surface area (Å²) in [5.74, 6) is 1.36. The molecule has 0 saturated carbocycles. The van der Waals surface area contributed by atoms with Gasteiger partial charge in [0.1, 0.15) is 10.8 Å². The Hall–Kier alpha value is -3.37. The number of piperazine rings is 1. The predicted octanol–water partition coefficient (Wildman–Crippen LogP) is 2.83. The Morgan fingerprint density at radius 3 is 2.55 bits per heavy atom. The first kappa shape index (κ1) is 21.5. The Labute approximate surface area is 195 Å². The normalized spacial score (nSPS) is 14.7. The second-order valence-electron chi connectivity index (χ2n) is 8.13. The largest absolute Gasteiger partial charge is 0.497 e. The summed E-state index contributed by atoms with van der Waals surface area (Å²) in [6.45, 7) is 7.44. The molecule has 4 heterocycles. The molecule has 1 aromatic carbocycles. The van der Waals surface area contributed by atoms with Crippen LogP contribution >= 0.6 is 11.3 Å². The van der Waals surface area contributed by atoms with E-state index in [4.69, 9.17) is 9.72 Å². The molecule has 10 heteroatoms. The number of aryl methyl sites for hydroxylation is 2. The molecule has 5 rings (SSSR count). The van der Waals surface area contributed by atoms with Gasteiger partial charge in [-0.2, -0.15) is 4.98 Å². The zero-order chi connectivity index (χ0) is 22.9. The van der Waals surface area contributed by atoms with Gasteiger partial charge in [-0.1, -0.05) is 0 Å². The van der Waals surface area contributed by atoms with E-state index in [1.807, 2.05) is 49.1 Å². The molecule has 1 aliphatic heterocycles. The van der Waals surface area contributed by atoms with Crippen molar-refractivity contribution in [2.24, 2.45) is 0 Å². The number of carbonyl (C=O) groups is 1. The first-order valence-electron chi connectivity index (χ1n) is 10.8. The monoisotopic (exact) mass is 463 g/mol. The standard InChI is InChI=1S/C23H25N7O2S/c1-15-12-16(2)30-23(24-15)26-20(27-30)22(31)29-10-8-28(9-11-29)13-18-14-33-21(25-18)17-4-6-19(32-3)7-5-17/h4-7,12,14H,8-11,13H2,1-3H3. The SMILES string of the molecule is COc1ccc(-c2nc(CN3CCN(C(=O)c4nc5nc(C)cc(C)n5n4)CC3)cs2)cc1. The first-order valence-corrected chi connectivity index (χ1v) is 11.7. The van der Waals surface area contributed by atoms with E-state index in [-0.39, 0.29) is 11.7 Å². The molecule has 1 amide bonds. The van der Waals surface area contributed by atoms with E-state index in [2.05, 4.69) is 25.3 Å². The Balaban J connectivity index is 1.19. The Morgan fingerprint density at radius 1 is 1.06 bits per heavy atom. The molecule has 1 fully saturated rings. The van der Waals surface area contributed by atoms with E-state index in [1.165, 1.54) is 0 Å². The van der Waals surface area contributed by atoms with Crippen LogP contribution in [0.5, 0.6) is 5.75 Å². The summed E-state index contributed by atoms with van der Waals surface area (Å²) in [4.78, 5) is 30.6. The molecule has 0 unspecified atom stereocenters. The summed E-state index contributed by atoms with van der Waals surface area (Å²) >= 11 is 1.64. The van der Waals surface area contributed by atoms with Gasteiger partial charge in [0.05, 0.1) is 12.8 Å². The van der Waals surface area contributed by atoms with E-state index >= 15 is 0 Å². The summed E-state index contributed by atoms with van der Waals surface area (Å²) in [6.07, 6.45) is 0. The zero-order valence-electron chi connectivity index (χ0n) is 18.9. The van der Waals surface area contributed by atoms with Crippen molar-refractivity contribution in [1.29, 1.82) is 0 Å². The second-order valence-corrected chi connectivity index (χ2v) is 8.99. The highest BCUT2D eigenvalue weighted by Gasteiger charge is 2.26. The molecule has 9 nitrogen and oxygen atoms in total. The van der Waals surface area contributed by atoms with Crippen LogP contribution in [0, 0.1) is 13.8 Å². The smallest absolute Gasteiger partial charge is 0.293 e. The third kappa shape index (κ3) is 4.44. The van der Waals surface area contributed by atoms with Crippen LogP contribution in [-0.4, -0.2) is 73.6 Å². The fourth-order valence-corrected chi connectivity index (χ4v) is 4.80. The summed E-state index contributed by atoms with van der Waals surface area (Å²) in [6, 6.07) is 9.87. The number of amides is 1. The number of methoxy groups -OCH3 is 1. The van der Waals surface area contributed by atoms with E-state index in [0.29, 0.717) is 18.9 Å². The second kappa shape index (κ2) is 8.87. The fraction of sp³-hybridized carbons (Fsp3) is 0.348. The van der Waals surface area contributed by atoms with Gasteiger partial charge in [-0.3, -0.25) is 9.69 Å². The third-order valence-corrected chi connectivity index (χ3v) is 6.68. The lowest BCUT2D eigenvalue weighted by molar-refractivity contribution is 0.0615. The quantitative estimate of drug-likeness (QED) is 0.450. The predicted molar refractivity (Wildman–Crippen MR) is 126 cm³/mol. The Kier molecular flexibility index (Phi) is 5.77. The van der Waals surface area contributed by atoms with Crippen LogP contribution in [0.4, 0.5) is 0 Å². The highest BCUT2D eigenvalue weighted by atomic mass is 32.1. The summed E-state index contributed by atoms with van der Waals surface area (Å²) in [7, 11) is 1.66. The lowest BCUT2D eigenvalue weighted by atomic mass is 10.2. The van der Waals surface area contributed by atoms with Crippen LogP contribution in [0.25, 0.3) is 16.3 Å². The summed E-state index contributed by atoms with van der Waals surface area (Å²) in [5, 5.41) is 7.48. The number of benzene rings is 1. The molecule has 0 bridgehead atoms. The van der Waals surface area contributed by atoms with Crippen molar-refractivity contribution in [3.8, 4) is 16.3 Å². The van der Waals surface area contributed by atoms with Gasteiger partial charge in [0.25, 0.3) is 11.7 Å². The summed E-state index contributed by atoms with van der Waals surface area (Å²) < 4.78 is 6.85. The molecule has 3 aromatic heterocycles. The number of aromatic nitrogens is 5. The van der Waals surface area contributed by atoms with Gasteiger partial charge in [0.15, 0.2) is 0 Å². The van der Waals surface area contributed by atoms with E-state index in [1.54, 1.807) is 23.0 Å². The van der Waals surface area contributed by atoms with Crippen molar-refractivity contribution < 1.29 is 9.53 Å². The number of ether oxygens (including phenoxy) is 1. The minimum Gasteiger partial charge on any atom is -0.497 e. The molecule has 0 radical (unpaired) electrons. The van der Waals surface area contributed by atoms with Gasteiger partial charge in [0.2, 0.25) is 5.82 Å². The lowest BCUT2D eigenvalue weighted by Gasteiger charge is -2.33. The van der Waals surface area contributed by atoms with Gasteiger partial charge >= 0.3 is 0 Å². The topological polar surface area (TPSA) is 88.8 Å². The number of hydrogen-bond donors (Lipinski definition) is 0. The third-order valence-electron chi connectivity index (χ3n) is 5.74. The summed E-state index contributed by atoms with van der Waals surface area (Å²) in [5.41, 5.74) is 3.90. The Bertz CT molecular complexity index is 1290. The molecular weight excluding hydrogens is 438 g/mol. The minimum atomic E-state index is -0.146. The first-order chi connectivity index (χ1) is 16.0. The van der Waals surface area contributed by atoms with Crippen molar-refractivity contribution >= 4 is 23.0 Å². The number of rotatable bonds is 5. The van der Waals surface area contributed by atoms with Gasteiger partial charge < -0.3 is 9.64 Å². The zero-order valence-corrected chi connectivity index (χ0v) is 19.7. The Morgan fingerprint density at radius 2 is 1.82 bits per heavy atom. The fourth-order valence-electron chi connectivity index (χ4n) is 3.98. The van der Waals surface area contributed by atoms with Crippen LogP contribution in [-0.2, 0) is 6.54 Å². The molecule has 0 aliphatic carbocycles. The van der Waals surface area contributed by atoms with Crippen LogP contribution in [0.2, 0.25) is 0 Å². The highest BCUT2D eigenvalue weighted by molar-refractivity contribution is 7.13. The molecule has 1 saturated heterocycles. The molecule has 0 spiro atoms. The van der Waals surface area contributed by atoms with Gasteiger partial charge in [0, 0.05) is 55.1 Å². The molecule has 33 heavy (non-hydrogen) atoms. The molecule has 1 aliphatic rings. The lowest BCUT2D eigenvalue weighted by Crippen LogP contribution is -2.48. The van der Waals surface area contributed by atoms with Crippen molar-refractivity contribution in [2.45, 2.75) is 20.4 Å². The molecular formula is C23H25N7O2S. The number of nitrogens with zero attached hydrogens (tertiary/aromatic N) is 7. The minimum absolute atomic E-state index is 0.146. The number of thiazole rings is 1. The maximum Gasteiger partial charge on any atom is 0.293 e. The van der Waals surface area contributed by atoms with Crippen LogP contribution in [0.3, 0.4) is 0 Å². The van der Waals surface area contributed by atoms with Gasteiger partial charge in [-0.25, -0.2) is 14.5 Å². The number of fused-ring (bicyclic) bond motifs is 1. The van der Waals surface area contributed by atoms with E-state index < -0.39 is 0 Å². The van der Waals surface area contributed by atoms with Crippen molar-refractivity contribution in [2.75, 3.05) is 33.3 Å². The van der Waals surface area contributed by atoms with E-state index in [0.717, 1.165) is 53.0 Å². The van der Waals surface area contributed by atoms with Crippen LogP contribution in [0.1, 0.15) is 27.7 Å². The van der Waals surface area contributed by atoms with Crippen molar-refractivity contribution in [3.63, 3.8) is 0 Å². The average Bonchev–Trinajstić information content (AvgIpc) is 3.47. The molecule has 4 aromatic rings. The molecule has 0 N–H and O–H groups in total. The van der Waals surface area contributed by atoms with Crippen molar-refractivity contribution in [3.05, 3.63) is 58.6 Å². The highest BCUT2D eigenvalue weighted by Crippen LogP contribution is 2.26. The van der Waals surface area contributed by atoms with Gasteiger partial charge in [-0.15, -0.1) is 16.4 Å². The number of hydrogen-bond acceptors (Lipinski definition) is 8.